The second kappa shape index (κ2) is 38.5. The molecule has 4 heterocycles. The number of nitrogens with zero attached hydrogens (tertiary/aromatic N) is 4. The zero-order chi connectivity index (χ0) is 75.6. The van der Waals surface area contributed by atoms with Crippen LogP contribution >= 0.6 is 0 Å². The van der Waals surface area contributed by atoms with Crippen molar-refractivity contribution in [2.24, 2.45) is 5.41 Å². The van der Waals surface area contributed by atoms with Crippen LogP contribution in [0, 0.1) is 52.8 Å². The highest BCUT2D eigenvalue weighted by atomic mass is 16.5. The largest absolute Gasteiger partial charge is 0.381 e. The number of para-hydroxylation sites is 4. The van der Waals surface area contributed by atoms with Gasteiger partial charge in [0.25, 0.3) is 0 Å². The number of benzene rings is 8. The zero-order valence-corrected chi connectivity index (χ0v) is 61.0. The van der Waals surface area contributed by atoms with E-state index in [1.165, 1.54) is 0 Å². The van der Waals surface area contributed by atoms with Gasteiger partial charge < -0.3 is 49.2 Å². The van der Waals surface area contributed by atoms with Gasteiger partial charge in [0.05, 0.1) is 94.0 Å². The van der Waals surface area contributed by atoms with E-state index in [0.717, 1.165) is 55.6 Å². The summed E-state index contributed by atoms with van der Waals surface area (Å²) >= 11 is 0. The van der Waals surface area contributed by atoms with Crippen LogP contribution in [0.15, 0.2) is 194 Å². The number of ether oxygens (including phenoxy) is 4. The molecule has 12 rings (SSSR count). The Bertz CT molecular complexity index is 4340. The number of fused-ring (bicyclic) bond motifs is 8. The smallest absolute Gasteiger partial charge is 0.227 e. The van der Waals surface area contributed by atoms with Crippen molar-refractivity contribution in [1.29, 1.82) is 0 Å². The van der Waals surface area contributed by atoms with Crippen LogP contribution in [-0.4, -0.2) is 113 Å². The van der Waals surface area contributed by atoms with E-state index in [9.17, 15) is 38.4 Å². The first kappa shape index (κ1) is 76.6. The van der Waals surface area contributed by atoms with Crippen molar-refractivity contribution in [3.63, 3.8) is 0 Å². The number of hydrogen-bond acceptors (Lipinski definition) is 12. The van der Waals surface area contributed by atoms with Crippen LogP contribution in [0.25, 0.3) is 0 Å². The minimum absolute atomic E-state index is 0.00309. The summed E-state index contributed by atoms with van der Waals surface area (Å²) in [6.07, 6.45) is 0.698. The maximum Gasteiger partial charge on any atom is 0.227 e. The number of nitrogens with one attached hydrogen (secondary N) is 2. The molecule has 0 atom stereocenters. The lowest BCUT2D eigenvalue weighted by atomic mass is 9.92. The molecule has 8 aromatic carbocycles. The Labute approximate surface area is 636 Å². The van der Waals surface area contributed by atoms with Gasteiger partial charge in [0.15, 0.2) is 0 Å². The van der Waals surface area contributed by atoms with Crippen LogP contribution in [0.4, 0.5) is 22.7 Å². The number of anilines is 4. The van der Waals surface area contributed by atoms with Crippen LogP contribution in [0.5, 0.6) is 0 Å². The molecule has 0 aromatic heterocycles. The fraction of sp³-hybridized carbons (Fsp3) is 0.297. The third-order valence-corrected chi connectivity index (χ3v) is 19.3. The molecule has 6 amide bonds. The second-order valence-corrected chi connectivity index (χ2v) is 27.3. The van der Waals surface area contributed by atoms with Gasteiger partial charge >= 0.3 is 0 Å². The average molecular weight is 1460 g/mol. The SMILES string of the molecule is O=C(CCCOCC(COCCCC(=O)CCC(=O)N1Cc2ccccc2C#Cc2ccccc21)(COCCNC(=O)CCC(=O)N1Cc2ccccc2C#Cc2ccccc21)COCCNC(=O)CCC(=O)N1Cc2ccccc2C#Cc2ccccc21)CCC(=O)N1Cc2ccccc2C#Cc2ccccc21. The van der Waals surface area contributed by atoms with E-state index in [4.69, 9.17) is 18.9 Å². The van der Waals surface area contributed by atoms with Crippen molar-refractivity contribution in [2.45, 2.75) is 103 Å². The number of ketones is 2. The van der Waals surface area contributed by atoms with Gasteiger partial charge in [-0.15, -0.1) is 0 Å². The highest BCUT2D eigenvalue weighted by molar-refractivity contribution is 6.00. The molecule has 18 nitrogen and oxygen atoms in total. The van der Waals surface area contributed by atoms with Crippen molar-refractivity contribution >= 4 is 69.8 Å². The standard InChI is InChI=1S/C91H86N6O12/c98-79(45-49-87(102)94-59-75-27-5-1-19-67(75)37-41-71-23-9-13-33-81(71)94)31-17-55-106-63-91(64-107-56-18-32-80(99)46-50-88(103)95-60-76-28-6-2-20-68(76)38-42-72-24-10-14-34-82(72)95,65-108-57-53-92-85(100)47-51-89(104)96-61-77-29-7-3-21-69(77)39-43-73-25-11-15-35-83(73)96)66-109-58-54-93-86(101)48-52-90(105)97-62-78-30-8-4-22-70(78)40-44-74-26-12-16-36-84(74)97/h1-16,19-30,33-36H,17-18,31-32,45-66H2,(H,92,100)(H,93,101). The molecule has 4 aliphatic heterocycles. The summed E-state index contributed by atoms with van der Waals surface area (Å²) in [5, 5.41) is 5.81. The van der Waals surface area contributed by atoms with Crippen LogP contribution in [0.2, 0.25) is 0 Å². The van der Waals surface area contributed by atoms with Gasteiger partial charge in [-0.3, -0.25) is 38.4 Å². The van der Waals surface area contributed by atoms with Crippen molar-refractivity contribution in [3.05, 3.63) is 261 Å². The minimum atomic E-state index is -1.05. The molecule has 8 aromatic rings. The monoisotopic (exact) mass is 1450 g/mol. The van der Waals surface area contributed by atoms with Crippen LogP contribution in [-0.2, 0) is 83.5 Å². The summed E-state index contributed by atoms with van der Waals surface area (Å²) in [6, 6.07) is 60.7. The molecule has 0 spiro atoms. The van der Waals surface area contributed by atoms with Crippen LogP contribution < -0.4 is 30.2 Å². The van der Waals surface area contributed by atoms with Gasteiger partial charge in [0.1, 0.15) is 11.6 Å². The van der Waals surface area contributed by atoms with Crippen LogP contribution in [0.3, 0.4) is 0 Å². The Hall–Kier alpha value is -12.0. The number of rotatable bonds is 34. The zero-order valence-electron chi connectivity index (χ0n) is 61.0. The fourth-order valence-electron chi connectivity index (χ4n) is 13.4. The lowest BCUT2D eigenvalue weighted by molar-refractivity contribution is -0.126. The summed E-state index contributed by atoms with van der Waals surface area (Å²) < 4.78 is 25.6. The van der Waals surface area contributed by atoms with E-state index < -0.39 is 5.41 Å². The van der Waals surface area contributed by atoms with E-state index in [0.29, 0.717) is 72.9 Å². The molecular formula is C91H86N6O12. The predicted molar refractivity (Wildman–Crippen MR) is 417 cm³/mol. The molecule has 0 fully saturated rings. The van der Waals surface area contributed by atoms with E-state index in [2.05, 4.69) is 58.0 Å². The summed E-state index contributed by atoms with van der Waals surface area (Å²) in [7, 11) is 0. The molecule has 18 heteroatoms. The van der Waals surface area contributed by atoms with Gasteiger partial charge in [-0.25, -0.2) is 0 Å². The van der Waals surface area contributed by atoms with Crippen molar-refractivity contribution in [1.82, 2.24) is 10.6 Å². The number of carbonyl (C=O) groups excluding carboxylic acids is 8. The van der Waals surface area contributed by atoms with E-state index >= 15 is 0 Å². The highest BCUT2D eigenvalue weighted by Crippen LogP contribution is 2.32. The predicted octanol–water partition coefficient (Wildman–Crippen LogP) is 11.9. The topological polar surface area (TPSA) is 210 Å². The van der Waals surface area contributed by atoms with Gasteiger partial charge in [-0.05, 0) is 108 Å². The van der Waals surface area contributed by atoms with E-state index in [1.807, 2.05) is 194 Å². The second-order valence-electron chi connectivity index (χ2n) is 27.3. The summed E-state index contributed by atoms with van der Waals surface area (Å²) in [5.41, 5.74) is 11.5. The summed E-state index contributed by atoms with van der Waals surface area (Å²) in [5.74, 6) is 24.1. The molecular weight excluding hydrogens is 1370 g/mol. The molecule has 109 heavy (non-hydrogen) atoms. The number of carbonyl (C=O) groups is 8. The Balaban J connectivity index is 0.683. The molecule has 4 aliphatic rings. The molecule has 0 saturated heterocycles. The normalized spacial score (nSPS) is 12.7. The number of Topliss-reactive ketones (excluding diaryl/α,β-unsaturated/α-hetero) is 2. The molecule has 0 saturated carbocycles. The Morgan fingerprint density at radius 3 is 0.817 bits per heavy atom. The maximum absolute atomic E-state index is 14.0. The first-order chi connectivity index (χ1) is 53.3. The van der Waals surface area contributed by atoms with Gasteiger partial charge in [0, 0.05) is 135 Å². The molecule has 2 N–H and O–H groups in total. The Morgan fingerprint density at radius 1 is 0.284 bits per heavy atom. The number of hydrogen-bond donors (Lipinski definition) is 2. The van der Waals surface area contributed by atoms with E-state index in [1.54, 1.807) is 19.6 Å². The minimum Gasteiger partial charge on any atom is -0.381 e. The molecule has 552 valence electrons. The summed E-state index contributed by atoms with van der Waals surface area (Å²) in [6.45, 7) is 1.72. The fourth-order valence-corrected chi connectivity index (χ4v) is 13.4. The highest BCUT2D eigenvalue weighted by Gasteiger charge is 2.34. The molecule has 0 radical (unpaired) electrons. The quantitative estimate of drug-likeness (QED) is 0.0285. The third-order valence-electron chi connectivity index (χ3n) is 19.3. The van der Waals surface area contributed by atoms with Crippen molar-refractivity contribution in [2.75, 3.05) is 85.5 Å². The average Bonchev–Trinajstić information content (AvgIpc) is 0.822. The first-order valence-electron chi connectivity index (χ1n) is 37.2. The Morgan fingerprint density at radius 2 is 0.523 bits per heavy atom. The first-order valence-corrected chi connectivity index (χ1v) is 37.2. The third kappa shape index (κ3) is 21.2. The maximum atomic E-state index is 14.0. The lowest BCUT2D eigenvalue weighted by Crippen LogP contribution is -2.43. The molecule has 0 bridgehead atoms. The van der Waals surface area contributed by atoms with Gasteiger partial charge in [0.2, 0.25) is 35.4 Å². The van der Waals surface area contributed by atoms with Crippen LogP contribution in [0.1, 0.15) is 144 Å². The Kier molecular flexibility index (Phi) is 27.1. The number of amides is 6. The van der Waals surface area contributed by atoms with Crippen molar-refractivity contribution < 1.29 is 57.3 Å². The van der Waals surface area contributed by atoms with Gasteiger partial charge in [-0.1, -0.05) is 169 Å². The van der Waals surface area contributed by atoms with Crippen molar-refractivity contribution in [3.8, 4) is 47.4 Å². The summed E-state index contributed by atoms with van der Waals surface area (Å²) in [4.78, 5) is 117. The molecule has 0 aliphatic carbocycles. The lowest BCUT2D eigenvalue weighted by Gasteiger charge is -2.33. The molecule has 0 unspecified atom stereocenters. The van der Waals surface area contributed by atoms with Gasteiger partial charge in [-0.2, -0.15) is 0 Å². The van der Waals surface area contributed by atoms with E-state index in [-0.39, 0.29) is 177 Å².